The predicted octanol–water partition coefficient (Wildman–Crippen LogP) is 3.47. The number of aryl methyl sites for hydroxylation is 2. The van der Waals surface area contributed by atoms with Crippen molar-refractivity contribution in [1.29, 1.82) is 0 Å². The molecule has 2 rings (SSSR count). The molecule has 0 amide bonds. The largest absolute Gasteiger partial charge is 0.378 e. The van der Waals surface area contributed by atoms with Crippen molar-refractivity contribution in [3.63, 3.8) is 0 Å². The molecule has 2 aromatic rings. The van der Waals surface area contributed by atoms with Crippen molar-refractivity contribution in [2.45, 2.75) is 39.8 Å². The quantitative estimate of drug-likeness (QED) is 0.842. The van der Waals surface area contributed by atoms with Crippen LogP contribution < -0.4 is 5.32 Å². The van der Waals surface area contributed by atoms with Gasteiger partial charge in [0.05, 0.1) is 6.54 Å². The summed E-state index contributed by atoms with van der Waals surface area (Å²) in [5.41, 5.74) is 2.53. The fraction of sp³-hybridized carbons (Fsp3) is 0.400. The molecule has 0 aliphatic carbocycles. The average molecular weight is 243 g/mol. The molecule has 0 saturated heterocycles. The summed E-state index contributed by atoms with van der Waals surface area (Å²) in [4.78, 5) is 4.39. The van der Waals surface area contributed by atoms with Crippen LogP contribution in [0.1, 0.15) is 31.7 Å². The van der Waals surface area contributed by atoms with Crippen LogP contribution in [-0.4, -0.2) is 9.55 Å². The Labute approximate surface area is 109 Å². The molecule has 1 aromatic carbocycles. The first kappa shape index (κ1) is 12.7. The van der Waals surface area contributed by atoms with E-state index in [1.165, 1.54) is 11.3 Å². The van der Waals surface area contributed by atoms with Gasteiger partial charge >= 0.3 is 0 Å². The van der Waals surface area contributed by atoms with Crippen molar-refractivity contribution in [3.05, 3.63) is 48.0 Å². The Morgan fingerprint density at radius 3 is 2.94 bits per heavy atom. The molecule has 96 valence electrons. The van der Waals surface area contributed by atoms with Crippen LogP contribution in [0.3, 0.4) is 0 Å². The van der Waals surface area contributed by atoms with E-state index in [0.717, 1.165) is 31.8 Å². The number of imidazole rings is 1. The standard InChI is InChI=1S/C15H21N3/c1-3-9-18-10-8-16-15(18)12-17-14-7-5-6-13(4-2)11-14/h5-8,10-11,17H,3-4,9,12H2,1-2H3. The van der Waals surface area contributed by atoms with Gasteiger partial charge in [-0.2, -0.15) is 0 Å². The van der Waals surface area contributed by atoms with E-state index < -0.39 is 0 Å². The summed E-state index contributed by atoms with van der Waals surface area (Å²) in [6.45, 7) is 6.17. The molecule has 3 heteroatoms. The second kappa shape index (κ2) is 6.24. The molecule has 1 heterocycles. The highest BCUT2D eigenvalue weighted by Crippen LogP contribution is 2.12. The lowest BCUT2D eigenvalue weighted by Crippen LogP contribution is -2.08. The topological polar surface area (TPSA) is 29.9 Å². The molecule has 0 fully saturated rings. The van der Waals surface area contributed by atoms with Crippen LogP contribution in [0.4, 0.5) is 5.69 Å². The van der Waals surface area contributed by atoms with E-state index in [0.29, 0.717) is 0 Å². The van der Waals surface area contributed by atoms with Gasteiger partial charge in [0.2, 0.25) is 0 Å². The summed E-state index contributed by atoms with van der Waals surface area (Å²) in [5.74, 6) is 1.10. The van der Waals surface area contributed by atoms with Crippen molar-refractivity contribution < 1.29 is 0 Å². The van der Waals surface area contributed by atoms with E-state index in [2.05, 4.69) is 53.0 Å². The van der Waals surface area contributed by atoms with Crippen LogP contribution in [0.25, 0.3) is 0 Å². The van der Waals surface area contributed by atoms with Gasteiger partial charge in [0, 0.05) is 24.6 Å². The number of hydrogen-bond donors (Lipinski definition) is 1. The number of aromatic nitrogens is 2. The van der Waals surface area contributed by atoms with Gasteiger partial charge in [0.1, 0.15) is 5.82 Å². The second-order valence-corrected chi connectivity index (χ2v) is 4.44. The molecule has 0 saturated carbocycles. The second-order valence-electron chi connectivity index (χ2n) is 4.44. The molecule has 0 unspecified atom stereocenters. The van der Waals surface area contributed by atoms with Gasteiger partial charge in [0.15, 0.2) is 0 Å². The minimum atomic E-state index is 0.778. The van der Waals surface area contributed by atoms with E-state index >= 15 is 0 Å². The summed E-state index contributed by atoms with van der Waals surface area (Å²) >= 11 is 0. The summed E-state index contributed by atoms with van der Waals surface area (Å²) in [6.07, 6.45) is 6.12. The third kappa shape index (κ3) is 3.13. The van der Waals surface area contributed by atoms with Gasteiger partial charge in [-0.1, -0.05) is 26.0 Å². The van der Waals surface area contributed by atoms with E-state index in [9.17, 15) is 0 Å². The average Bonchev–Trinajstić information content (AvgIpc) is 2.85. The third-order valence-corrected chi connectivity index (χ3v) is 3.05. The lowest BCUT2D eigenvalue weighted by molar-refractivity contribution is 0.644. The highest BCUT2D eigenvalue weighted by atomic mass is 15.1. The Bertz CT molecular complexity index is 488. The highest BCUT2D eigenvalue weighted by Gasteiger charge is 2.01. The number of anilines is 1. The first-order chi connectivity index (χ1) is 8.83. The monoisotopic (exact) mass is 243 g/mol. The molecule has 0 spiro atoms. The van der Waals surface area contributed by atoms with Crippen LogP contribution in [0.5, 0.6) is 0 Å². The maximum atomic E-state index is 4.39. The van der Waals surface area contributed by atoms with Crippen LogP contribution in [-0.2, 0) is 19.5 Å². The highest BCUT2D eigenvalue weighted by molar-refractivity contribution is 5.45. The van der Waals surface area contributed by atoms with Gasteiger partial charge in [-0.25, -0.2) is 4.98 Å². The molecule has 18 heavy (non-hydrogen) atoms. The Morgan fingerprint density at radius 2 is 2.17 bits per heavy atom. The molecule has 0 aliphatic rings. The number of rotatable bonds is 6. The maximum absolute atomic E-state index is 4.39. The molecular weight excluding hydrogens is 222 g/mol. The molecule has 3 nitrogen and oxygen atoms in total. The molecule has 0 radical (unpaired) electrons. The number of nitrogens with zero attached hydrogens (tertiary/aromatic N) is 2. The van der Waals surface area contributed by atoms with Crippen molar-refractivity contribution in [1.82, 2.24) is 9.55 Å². The summed E-state index contributed by atoms with van der Waals surface area (Å²) < 4.78 is 2.21. The van der Waals surface area contributed by atoms with E-state index in [4.69, 9.17) is 0 Å². The minimum absolute atomic E-state index is 0.778. The lowest BCUT2D eigenvalue weighted by atomic mass is 10.1. The molecule has 0 aliphatic heterocycles. The van der Waals surface area contributed by atoms with E-state index in [1.54, 1.807) is 0 Å². The smallest absolute Gasteiger partial charge is 0.128 e. The van der Waals surface area contributed by atoms with Crippen molar-refractivity contribution >= 4 is 5.69 Å². The van der Waals surface area contributed by atoms with E-state index in [-0.39, 0.29) is 0 Å². The Kier molecular flexibility index (Phi) is 4.40. The van der Waals surface area contributed by atoms with Gasteiger partial charge in [-0.05, 0) is 30.5 Å². The van der Waals surface area contributed by atoms with Crippen LogP contribution >= 0.6 is 0 Å². The third-order valence-electron chi connectivity index (χ3n) is 3.05. The first-order valence-electron chi connectivity index (χ1n) is 6.66. The predicted molar refractivity (Wildman–Crippen MR) is 75.7 cm³/mol. The molecule has 0 atom stereocenters. The van der Waals surface area contributed by atoms with Gasteiger partial charge in [-0.15, -0.1) is 0 Å². The zero-order valence-corrected chi connectivity index (χ0v) is 11.2. The van der Waals surface area contributed by atoms with Gasteiger partial charge in [-0.3, -0.25) is 0 Å². The Balaban J connectivity index is 1.99. The lowest BCUT2D eigenvalue weighted by Gasteiger charge is -2.09. The zero-order valence-electron chi connectivity index (χ0n) is 11.2. The Hall–Kier alpha value is -1.77. The number of hydrogen-bond acceptors (Lipinski definition) is 2. The molecule has 0 bridgehead atoms. The summed E-state index contributed by atoms with van der Waals surface area (Å²) in [5, 5.41) is 3.44. The summed E-state index contributed by atoms with van der Waals surface area (Å²) in [6, 6.07) is 8.56. The van der Waals surface area contributed by atoms with Crippen LogP contribution in [0.2, 0.25) is 0 Å². The van der Waals surface area contributed by atoms with Crippen molar-refractivity contribution in [2.75, 3.05) is 5.32 Å². The summed E-state index contributed by atoms with van der Waals surface area (Å²) in [7, 11) is 0. The molecular formula is C15H21N3. The Morgan fingerprint density at radius 1 is 1.28 bits per heavy atom. The number of nitrogens with one attached hydrogen (secondary N) is 1. The normalized spacial score (nSPS) is 10.6. The van der Waals surface area contributed by atoms with Crippen LogP contribution in [0, 0.1) is 0 Å². The number of benzene rings is 1. The molecule has 1 aromatic heterocycles. The fourth-order valence-corrected chi connectivity index (χ4v) is 2.03. The van der Waals surface area contributed by atoms with E-state index in [1.807, 2.05) is 12.4 Å². The maximum Gasteiger partial charge on any atom is 0.128 e. The van der Waals surface area contributed by atoms with Gasteiger partial charge in [0.25, 0.3) is 0 Å². The first-order valence-corrected chi connectivity index (χ1v) is 6.66. The van der Waals surface area contributed by atoms with Crippen molar-refractivity contribution in [2.24, 2.45) is 0 Å². The molecule has 1 N–H and O–H groups in total. The van der Waals surface area contributed by atoms with Crippen molar-refractivity contribution in [3.8, 4) is 0 Å². The van der Waals surface area contributed by atoms with Crippen LogP contribution in [0.15, 0.2) is 36.7 Å². The fourth-order valence-electron chi connectivity index (χ4n) is 2.03. The SMILES string of the molecule is CCCn1ccnc1CNc1cccc(CC)c1. The minimum Gasteiger partial charge on any atom is -0.378 e. The van der Waals surface area contributed by atoms with Gasteiger partial charge < -0.3 is 9.88 Å². The zero-order chi connectivity index (χ0) is 12.8.